The summed E-state index contributed by atoms with van der Waals surface area (Å²) in [6.07, 6.45) is 0. The Morgan fingerprint density at radius 1 is 0.667 bits per heavy atom. The molecule has 3 rings (SSSR count). The topological polar surface area (TPSA) is 0 Å². The molecule has 0 atom stereocenters. The van der Waals surface area contributed by atoms with Crippen LogP contribution in [0.4, 0.5) is 0 Å². The van der Waals surface area contributed by atoms with Gasteiger partial charge in [-0.05, 0) is 27.6 Å². The SMILES string of the molecule is [SiH2]c1c2ccccc2cc2ccccc12. The Hall–Kier alpha value is -1.60. The van der Waals surface area contributed by atoms with Crippen LogP contribution in [0.25, 0.3) is 21.5 Å². The quantitative estimate of drug-likeness (QED) is 0.392. The molecule has 0 nitrogen and oxygen atoms in total. The molecular weight excluding hydrogens is 196 g/mol. The first kappa shape index (κ1) is 8.68. The third-order valence-corrected chi connectivity index (χ3v) is 3.64. The largest absolute Gasteiger partial charge is 0.0616 e. The molecule has 3 aromatic rings. The van der Waals surface area contributed by atoms with Crippen molar-refractivity contribution in [3.63, 3.8) is 0 Å². The fourth-order valence-electron chi connectivity index (χ4n) is 2.11. The Bertz CT molecular complexity index is 587. The average molecular weight is 207 g/mol. The number of benzene rings is 3. The van der Waals surface area contributed by atoms with Gasteiger partial charge in [0.2, 0.25) is 0 Å². The van der Waals surface area contributed by atoms with Gasteiger partial charge < -0.3 is 0 Å². The first-order chi connectivity index (χ1) is 7.36. The summed E-state index contributed by atoms with van der Waals surface area (Å²) >= 11 is 0. The predicted molar refractivity (Wildman–Crippen MR) is 69.6 cm³/mol. The molecule has 0 N–H and O–H groups in total. The van der Waals surface area contributed by atoms with Gasteiger partial charge in [0.05, 0.1) is 0 Å². The second kappa shape index (κ2) is 3.21. The number of fused-ring (bicyclic) bond motifs is 2. The maximum atomic E-state index is 2.27. The fourth-order valence-corrected chi connectivity index (χ4v) is 2.75. The van der Waals surface area contributed by atoms with Crippen molar-refractivity contribution in [3.8, 4) is 0 Å². The Labute approximate surface area is 92.0 Å². The Kier molecular flexibility index (Phi) is 1.86. The summed E-state index contributed by atoms with van der Waals surface area (Å²) in [4.78, 5) is 0. The van der Waals surface area contributed by atoms with E-state index in [0.717, 1.165) is 0 Å². The van der Waals surface area contributed by atoms with Crippen molar-refractivity contribution in [2.24, 2.45) is 0 Å². The van der Waals surface area contributed by atoms with Gasteiger partial charge in [0.15, 0.2) is 0 Å². The molecule has 71 valence electrons. The third kappa shape index (κ3) is 1.28. The highest BCUT2D eigenvalue weighted by Crippen LogP contribution is 2.19. The molecule has 0 aliphatic carbocycles. The standard InChI is InChI=1S/C14H11Si/c15-14-12-7-3-1-5-10(12)9-11-6-2-4-8-13(11)14/h1-9H,15H2. The van der Waals surface area contributed by atoms with Gasteiger partial charge in [-0.15, -0.1) is 0 Å². The van der Waals surface area contributed by atoms with E-state index in [9.17, 15) is 0 Å². The van der Waals surface area contributed by atoms with Crippen LogP contribution < -0.4 is 5.19 Å². The monoisotopic (exact) mass is 207 g/mol. The first-order valence-corrected chi connectivity index (χ1v) is 5.79. The van der Waals surface area contributed by atoms with Crippen LogP contribution >= 0.6 is 0 Å². The summed E-state index contributed by atoms with van der Waals surface area (Å²) in [5, 5.41) is 6.81. The zero-order valence-corrected chi connectivity index (χ0v) is 9.82. The number of hydrogen-bond donors (Lipinski definition) is 0. The lowest BCUT2D eigenvalue weighted by Gasteiger charge is -2.06. The van der Waals surface area contributed by atoms with Gasteiger partial charge in [0, 0.05) is 10.2 Å². The molecule has 0 amide bonds. The molecule has 0 saturated heterocycles. The van der Waals surface area contributed by atoms with E-state index in [1.165, 1.54) is 26.7 Å². The molecule has 0 aliphatic heterocycles. The average Bonchev–Trinajstić information content (AvgIpc) is 2.30. The van der Waals surface area contributed by atoms with E-state index in [1.807, 2.05) is 10.2 Å². The lowest BCUT2D eigenvalue weighted by molar-refractivity contribution is 1.78. The van der Waals surface area contributed by atoms with Crippen molar-refractivity contribution in [2.45, 2.75) is 0 Å². The van der Waals surface area contributed by atoms with Crippen molar-refractivity contribution >= 4 is 37.0 Å². The van der Waals surface area contributed by atoms with E-state index in [1.54, 1.807) is 0 Å². The van der Waals surface area contributed by atoms with E-state index in [4.69, 9.17) is 0 Å². The molecular formula is C14H11Si. The fraction of sp³-hybridized carbons (Fsp3) is 0. The Balaban J connectivity index is 2.60. The van der Waals surface area contributed by atoms with Gasteiger partial charge in [-0.25, -0.2) is 0 Å². The van der Waals surface area contributed by atoms with Crippen LogP contribution in [0.15, 0.2) is 54.6 Å². The molecule has 0 saturated carbocycles. The number of rotatable bonds is 0. The van der Waals surface area contributed by atoms with Crippen molar-refractivity contribution in [3.05, 3.63) is 54.6 Å². The van der Waals surface area contributed by atoms with E-state index >= 15 is 0 Å². The van der Waals surface area contributed by atoms with Crippen LogP contribution in [-0.4, -0.2) is 10.2 Å². The molecule has 0 unspecified atom stereocenters. The second-order valence-electron chi connectivity index (χ2n) is 3.80. The molecule has 0 heterocycles. The van der Waals surface area contributed by atoms with Gasteiger partial charge >= 0.3 is 0 Å². The summed E-state index contributed by atoms with van der Waals surface area (Å²) in [5.74, 6) is 0. The molecule has 0 aliphatic rings. The van der Waals surface area contributed by atoms with Gasteiger partial charge in [-0.2, -0.15) is 0 Å². The minimum atomic E-state index is 1.33. The van der Waals surface area contributed by atoms with Gasteiger partial charge in [-0.3, -0.25) is 0 Å². The van der Waals surface area contributed by atoms with E-state index in [0.29, 0.717) is 0 Å². The van der Waals surface area contributed by atoms with Crippen molar-refractivity contribution in [2.75, 3.05) is 0 Å². The zero-order chi connectivity index (χ0) is 10.3. The highest BCUT2D eigenvalue weighted by atomic mass is 28.1. The highest BCUT2D eigenvalue weighted by Gasteiger charge is 2.01. The van der Waals surface area contributed by atoms with Crippen LogP contribution in [0.1, 0.15) is 0 Å². The van der Waals surface area contributed by atoms with E-state index < -0.39 is 0 Å². The van der Waals surface area contributed by atoms with Gasteiger partial charge in [0.1, 0.15) is 0 Å². The summed E-state index contributed by atoms with van der Waals surface area (Å²) in [7, 11) is 1.98. The molecule has 3 aromatic carbocycles. The summed E-state index contributed by atoms with van der Waals surface area (Å²) in [6, 6.07) is 19.4. The molecule has 15 heavy (non-hydrogen) atoms. The lowest BCUT2D eigenvalue weighted by Crippen LogP contribution is -2.05. The minimum Gasteiger partial charge on any atom is -0.0616 e. The highest BCUT2D eigenvalue weighted by molar-refractivity contribution is 6.45. The molecule has 0 bridgehead atoms. The summed E-state index contributed by atoms with van der Waals surface area (Å²) in [5.41, 5.74) is 0. The van der Waals surface area contributed by atoms with Crippen LogP contribution in [0.5, 0.6) is 0 Å². The van der Waals surface area contributed by atoms with E-state index in [-0.39, 0.29) is 0 Å². The van der Waals surface area contributed by atoms with Crippen LogP contribution in [-0.2, 0) is 0 Å². The third-order valence-electron chi connectivity index (χ3n) is 2.88. The summed E-state index contributed by atoms with van der Waals surface area (Å²) in [6.45, 7) is 0. The van der Waals surface area contributed by atoms with Crippen LogP contribution in [0.2, 0.25) is 0 Å². The maximum absolute atomic E-state index is 2.27. The maximum Gasteiger partial charge on any atom is 0.0494 e. The van der Waals surface area contributed by atoms with Crippen LogP contribution in [0, 0.1) is 0 Å². The molecule has 1 heteroatoms. The number of hydrogen-bond acceptors (Lipinski definition) is 0. The van der Waals surface area contributed by atoms with Crippen molar-refractivity contribution in [1.29, 1.82) is 0 Å². The second-order valence-corrected chi connectivity index (χ2v) is 4.50. The van der Waals surface area contributed by atoms with E-state index in [2.05, 4.69) is 54.6 Å². The molecule has 1 radical (unpaired) electrons. The Morgan fingerprint density at radius 2 is 1.13 bits per heavy atom. The van der Waals surface area contributed by atoms with Crippen molar-refractivity contribution in [1.82, 2.24) is 0 Å². The first-order valence-electron chi connectivity index (χ1n) is 5.09. The van der Waals surface area contributed by atoms with Gasteiger partial charge in [0.25, 0.3) is 0 Å². The smallest absolute Gasteiger partial charge is 0.0494 e. The van der Waals surface area contributed by atoms with Crippen LogP contribution in [0.3, 0.4) is 0 Å². The molecule has 0 aromatic heterocycles. The molecule has 0 spiro atoms. The van der Waals surface area contributed by atoms with Crippen molar-refractivity contribution < 1.29 is 0 Å². The predicted octanol–water partition coefficient (Wildman–Crippen LogP) is 2.25. The normalized spacial score (nSPS) is 11.0. The zero-order valence-electron chi connectivity index (χ0n) is 8.40. The molecule has 0 fully saturated rings. The summed E-state index contributed by atoms with van der Waals surface area (Å²) < 4.78 is 0. The van der Waals surface area contributed by atoms with Gasteiger partial charge in [-0.1, -0.05) is 53.7 Å². The Morgan fingerprint density at radius 3 is 1.67 bits per heavy atom. The lowest BCUT2D eigenvalue weighted by atomic mass is 10.0. The minimum absolute atomic E-state index is 1.33.